The average molecular weight is 363 g/mol. The van der Waals surface area contributed by atoms with E-state index in [-0.39, 0.29) is 16.3 Å². The molecule has 1 amide bonds. The Morgan fingerprint density at radius 2 is 2.04 bits per heavy atom. The summed E-state index contributed by atoms with van der Waals surface area (Å²) in [7, 11) is 1.43. The third-order valence-electron chi connectivity index (χ3n) is 3.06. The van der Waals surface area contributed by atoms with Crippen LogP contribution in [0.3, 0.4) is 0 Å². The van der Waals surface area contributed by atoms with Crippen LogP contribution < -0.4 is 10.1 Å². The zero-order valence-corrected chi connectivity index (χ0v) is 14.0. The molecule has 0 heterocycles. The SMILES string of the molecule is COc1ccc(/C=C(\C#N)C(=O)Nc2ccc(Cl)cc2Cl)cc1O. The number of nitrogens with zero attached hydrogens (tertiary/aromatic N) is 1. The number of ether oxygens (including phenoxy) is 1. The third kappa shape index (κ3) is 4.19. The normalized spacial score (nSPS) is 10.8. The summed E-state index contributed by atoms with van der Waals surface area (Å²) in [5, 5.41) is 22.2. The second kappa shape index (κ2) is 7.73. The van der Waals surface area contributed by atoms with Crippen molar-refractivity contribution in [1.82, 2.24) is 0 Å². The molecule has 2 N–H and O–H groups in total. The summed E-state index contributed by atoms with van der Waals surface area (Å²) in [4.78, 5) is 12.2. The molecular weight excluding hydrogens is 351 g/mol. The molecule has 2 aromatic rings. The van der Waals surface area contributed by atoms with Crippen LogP contribution in [-0.2, 0) is 4.79 Å². The summed E-state index contributed by atoms with van der Waals surface area (Å²) in [6, 6.07) is 10.9. The predicted octanol–water partition coefficient (Wildman–Crippen LogP) is 4.25. The first-order valence-corrected chi connectivity index (χ1v) is 7.45. The zero-order chi connectivity index (χ0) is 17.7. The molecule has 0 aliphatic rings. The Kier molecular flexibility index (Phi) is 5.69. The largest absolute Gasteiger partial charge is 0.504 e. The van der Waals surface area contributed by atoms with Crippen LogP contribution in [0.15, 0.2) is 42.0 Å². The minimum Gasteiger partial charge on any atom is -0.504 e. The molecule has 0 bridgehead atoms. The van der Waals surface area contributed by atoms with Crippen molar-refractivity contribution in [3.63, 3.8) is 0 Å². The second-order valence-corrected chi connectivity index (χ2v) is 5.52. The Morgan fingerprint density at radius 3 is 2.62 bits per heavy atom. The highest BCUT2D eigenvalue weighted by molar-refractivity contribution is 6.36. The Morgan fingerprint density at radius 1 is 1.29 bits per heavy atom. The van der Waals surface area contributed by atoms with Gasteiger partial charge in [0.2, 0.25) is 0 Å². The van der Waals surface area contributed by atoms with Gasteiger partial charge in [0.15, 0.2) is 11.5 Å². The summed E-state index contributed by atoms with van der Waals surface area (Å²) in [6.45, 7) is 0. The maximum absolute atomic E-state index is 12.2. The molecular formula is C17H12Cl2N2O3. The van der Waals surface area contributed by atoms with E-state index in [1.165, 1.54) is 37.5 Å². The molecule has 0 saturated carbocycles. The fraction of sp³-hybridized carbons (Fsp3) is 0.0588. The summed E-state index contributed by atoms with van der Waals surface area (Å²) in [5.41, 5.74) is 0.664. The van der Waals surface area contributed by atoms with Crippen molar-refractivity contribution in [2.45, 2.75) is 0 Å². The molecule has 0 atom stereocenters. The number of carbonyl (C=O) groups is 1. The van der Waals surface area contributed by atoms with Crippen molar-refractivity contribution in [3.05, 3.63) is 57.6 Å². The van der Waals surface area contributed by atoms with Gasteiger partial charge in [0.25, 0.3) is 5.91 Å². The Balaban J connectivity index is 2.25. The molecule has 2 aromatic carbocycles. The molecule has 0 fully saturated rings. The van der Waals surface area contributed by atoms with Crippen molar-refractivity contribution in [1.29, 1.82) is 5.26 Å². The third-order valence-corrected chi connectivity index (χ3v) is 3.61. The number of hydrogen-bond donors (Lipinski definition) is 2. The van der Waals surface area contributed by atoms with Crippen molar-refractivity contribution < 1.29 is 14.6 Å². The smallest absolute Gasteiger partial charge is 0.266 e. The fourth-order valence-electron chi connectivity index (χ4n) is 1.89. The Bertz CT molecular complexity index is 857. The lowest BCUT2D eigenvalue weighted by molar-refractivity contribution is -0.112. The molecule has 7 heteroatoms. The summed E-state index contributed by atoms with van der Waals surface area (Å²) in [5.74, 6) is -0.426. The quantitative estimate of drug-likeness (QED) is 0.628. The Labute approximate surface area is 148 Å². The molecule has 5 nitrogen and oxygen atoms in total. The number of phenolic OH excluding ortho intramolecular Hbond substituents is 1. The highest BCUT2D eigenvalue weighted by Gasteiger charge is 2.12. The molecule has 24 heavy (non-hydrogen) atoms. The molecule has 2 rings (SSSR count). The zero-order valence-electron chi connectivity index (χ0n) is 12.5. The van der Waals surface area contributed by atoms with Crippen LogP contribution >= 0.6 is 23.2 Å². The van der Waals surface area contributed by atoms with E-state index in [1.807, 2.05) is 6.07 Å². The van der Waals surface area contributed by atoms with E-state index in [0.717, 1.165) is 0 Å². The predicted molar refractivity (Wildman–Crippen MR) is 93.3 cm³/mol. The number of methoxy groups -OCH3 is 1. The van der Waals surface area contributed by atoms with Crippen LogP contribution in [0.2, 0.25) is 10.0 Å². The summed E-state index contributed by atoms with van der Waals surface area (Å²) in [6.07, 6.45) is 1.35. The number of anilines is 1. The van der Waals surface area contributed by atoms with E-state index in [0.29, 0.717) is 22.0 Å². The monoisotopic (exact) mass is 362 g/mol. The molecule has 0 saturated heterocycles. The highest BCUT2D eigenvalue weighted by Crippen LogP contribution is 2.28. The number of rotatable bonds is 4. The van der Waals surface area contributed by atoms with E-state index >= 15 is 0 Å². The van der Waals surface area contributed by atoms with Gasteiger partial charge in [-0.1, -0.05) is 29.3 Å². The molecule has 0 spiro atoms. The van der Waals surface area contributed by atoms with Crippen LogP contribution in [0.1, 0.15) is 5.56 Å². The van der Waals surface area contributed by atoms with E-state index in [4.69, 9.17) is 27.9 Å². The first-order valence-electron chi connectivity index (χ1n) is 6.70. The number of amides is 1. The number of carbonyl (C=O) groups excluding carboxylic acids is 1. The molecule has 0 unspecified atom stereocenters. The minimum atomic E-state index is -0.628. The van der Waals surface area contributed by atoms with Crippen molar-refractivity contribution in [2.24, 2.45) is 0 Å². The van der Waals surface area contributed by atoms with Crippen LogP contribution in [0, 0.1) is 11.3 Å². The van der Waals surface area contributed by atoms with Crippen molar-refractivity contribution >= 4 is 40.9 Å². The first kappa shape index (κ1) is 17.7. The second-order valence-electron chi connectivity index (χ2n) is 4.68. The molecule has 0 aliphatic heterocycles. The number of halogens is 2. The number of hydrogen-bond acceptors (Lipinski definition) is 4. The van der Waals surface area contributed by atoms with E-state index < -0.39 is 5.91 Å². The van der Waals surface area contributed by atoms with Gasteiger partial charge in [-0.05, 0) is 42.0 Å². The lowest BCUT2D eigenvalue weighted by Crippen LogP contribution is -2.13. The van der Waals surface area contributed by atoms with Crippen LogP contribution in [0.5, 0.6) is 11.5 Å². The maximum atomic E-state index is 12.2. The Hall–Kier alpha value is -2.68. The molecule has 0 radical (unpaired) electrons. The van der Waals surface area contributed by atoms with E-state index in [1.54, 1.807) is 12.1 Å². The van der Waals surface area contributed by atoms with Gasteiger partial charge in [0.05, 0.1) is 17.8 Å². The van der Waals surface area contributed by atoms with E-state index in [2.05, 4.69) is 5.32 Å². The number of nitrogens with one attached hydrogen (secondary N) is 1. The van der Waals surface area contributed by atoms with Gasteiger partial charge in [0, 0.05) is 5.02 Å². The molecule has 0 aromatic heterocycles. The van der Waals surface area contributed by atoms with Gasteiger partial charge in [-0.25, -0.2) is 0 Å². The number of aromatic hydroxyl groups is 1. The van der Waals surface area contributed by atoms with Gasteiger partial charge >= 0.3 is 0 Å². The van der Waals surface area contributed by atoms with Crippen molar-refractivity contribution in [2.75, 3.05) is 12.4 Å². The van der Waals surface area contributed by atoms with E-state index in [9.17, 15) is 15.2 Å². The van der Waals surface area contributed by atoms with Gasteiger partial charge < -0.3 is 15.2 Å². The van der Waals surface area contributed by atoms with Gasteiger partial charge in [-0.2, -0.15) is 5.26 Å². The summed E-state index contributed by atoms with van der Waals surface area (Å²) >= 11 is 11.8. The molecule has 0 aliphatic carbocycles. The van der Waals surface area contributed by atoms with Gasteiger partial charge in [-0.3, -0.25) is 4.79 Å². The van der Waals surface area contributed by atoms with Crippen LogP contribution in [0.4, 0.5) is 5.69 Å². The number of nitriles is 1. The average Bonchev–Trinajstić information content (AvgIpc) is 2.55. The lowest BCUT2D eigenvalue weighted by atomic mass is 10.1. The highest BCUT2D eigenvalue weighted by atomic mass is 35.5. The minimum absolute atomic E-state index is 0.0929. The van der Waals surface area contributed by atoms with Crippen LogP contribution in [0.25, 0.3) is 6.08 Å². The number of phenols is 1. The number of benzene rings is 2. The molecule has 122 valence electrons. The standard InChI is InChI=1S/C17H12Cl2N2O3/c1-24-16-5-2-10(7-15(16)22)6-11(9-20)17(23)21-14-4-3-12(18)8-13(14)19/h2-8,22H,1H3,(H,21,23)/b11-6+. The summed E-state index contributed by atoms with van der Waals surface area (Å²) < 4.78 is 4.94. The maximum Gasteiger partial charge on any atom is 0.266 e. The topological polar surface area (TPSA) is 82.3 Å². The first-order chi connectivity index (χ1) is 11.4. The van der Waals surface area contributed by atoms with Gasteiger partial charge in [-0.15, -0.1) is 0 Å². The van der Waals surface area contributed by atoms with Crippen LogP contribution in [-0.4, -0.2) is 18.1 Å². The van der Waals surface area contributed by atoms with Gasteiger partial charge in [0.1, 0.15) is 11.6 Å². The lowest BCUT2D eigenvalue weighted by Gasteiger charge is -2.07. The van der Waals surface area contributed by atoms with Crippen molar-refractivity contribution in [3.8, 4) is 17.6 Å². The fourth-order valence-corrected chi connectivity index (χ4v) is 2.35.